The lowest BCUT2D eigenvalue weighted by Crippen LogP contribution is -2.59. The first-order valence-corrected chi connectivity index (χ1v) is 9.73. The van der Waals surface area contributed by atoms with E-state index in [0.717, 1.165) is 5.56 Å². The second-order valence-electron chi connectivity index (χ2n) is 8.36. The molecule has 2 heterocycles. The van der Waals surface area contributed by atoms with Crippen LogP contribution in [0.4, 0.5) is 0 Å². The van der Waals surface area contributed by atoms with Crippen LogP contribution in [0.25, 0.3) is 0 Å². The van der Waals surface area contributed by atoms with Crippen LogP contribution in [0.3, 0.4) is 0 Å². The first kappa shape index (κ1) is 21.8. The van der Waals surface area contributed by atoms with Crippen LogP contribution < -0.4 is 5.46 Å². The lowest BCUT2D eigenvalue weighted by molar-refractivity contribution is -0.161. The molecular formula is C20H28BNO7. The predicted octanol–water partition coefficient (Wildman–Crippen LogP) is 0.427. The Morgan fingerprint density at radius 1 is 1.34 bits per heavy atom. The second kappa shape index (κ2) is 8.43. The fraction of sp³-hybridized carbons (Fsp3) is 0.600. The zero-order valence-electron chi connectivity index (χ0n) is 17.3. The molecule has 1 fully saturated rings. The Labute approximate surface area is 170 Å². The summed E-state index contributed by atoms with van der Waals surface area (Å²) in [5, 5.41) is 20.0. The molecule has 0 unspecified atom stereocenters. The number of carboxylic acids is 1. The largest absolute Gasteiger partial charge is 0.492 e. The Kier molecular flexibility index (Phi) is 6.33. The number of carboxylic acid groups (broad SMARTS) is 1. The highest BCUT2D eigenvalue weighted by atomic mass is 16.5. The molecule has 1 amide bonds. The summed E-state index contributed by atoms with van der Waals surface area (Å²) in [6.07, 6.45) is 0. The van der Waals surface area contributed by atoms with Crippen LogP contribution in [0, 0.1) is 18.3 Å². The summed E-state index contributed by atoms with van der Waals surface area (Å²) in [6.45, 7) is 7.01. The molecular weight excluding hydrogens is 377 g/mol. The number of nitrogens with zero attached hydrogens (tertiary/aromatic N) is 1. The molecule has 29 heavy (non-hydrogen) atoms. The third-order valence-corrected chi connectivity index (χ3v) is 5.73. The zero-order chi connectivity index (χ0) is 21.3. The van der Waals surface area contributed by atoms with Crippen LogP contribution in [0.5, 0.6) is 0 Å². The SMILES string of the molecule is COCC1(CN(C(=O)c2ccc3c(c2C)B(O)OC3)[C@H](C(=O)O)C(C)C)COC1. The third kappa shape index (κ3) is 4.05. The van der Waals surface area contributed by atoms with Gasteiger partial charge in [-0.3, -0.25) is 4.79 Å². The van der Waals surface area contributed by atoms with Gasteiger partial charge in [0.1, 0.15) is 6.04 Å². The van der Waals surface area contributed by atoms with Gasteiger partial charge in [-0.1, -0.05) is 19.9 Å². The van der Waals surface area contributed by atoms with Crippen LogP contribution in [-0.4, -0.2) is 73.5 Å². The molecule has 1 saturated heterocycles. The number of amides is 1. The molecule has 0 saturated carbocycles. The van der Waals surface area contributed by atoms with Crippen molar-refractivity contribution in [2.45, 2.75) is 33.4 Å². The topological polar surface area (TPSA) is 106 Å². The number of rotatable bonds is 8. The Morgan fingerprint density at radius 3 is 2.55 bits per heavy atom. The molecule has 2 aliphatic heterocycles. The molecule has 158 valence electrons. The number of methoxy groups -OCH3 is 1. The molecule has 2 N–H and O–H groups in total. The minimum Gasteiger partial charge on any atom is -0.480 e. The quantitative estimate of drug-likeness (QED) is 0.605. The van der Waals surface area contributed by atoms with Crippen LogP contribution in [-0.2, 0) is 25.5 Å². The summed E-state index contributed by atoms with van der Waals surface area (Å²) >= 11 is 0. The molecule has 1 aromatic rings. The first-order chi connectivity index (χ1) is 13.7. The lowest BCUT2D eigenvalue weighted by Gasteiger charge is -2.46. The third-order valence-electron chi connectivity index (χ3n) is 5.73. The minimum absolute atomic E-state index is 0.213. The van der Waals surface area contributed by atoms with E-state index in [0.29, 0.717) is 36.4 Å². The molecule has 0 aromatic heterocycles. The molecule has 0 radical (unpaired) electrons. The molecule has 3 rings (SSSR count). The Bertz CT molecular complexity index is 793. The van der Waals surface area contributed by atoms with Crippen molar-refractivity contribution >= 4 is 24.5 Å². The van der Waals surface area contributed by atoms with Crippen molar-refractivity contribution in [2.24, 2.45) is 11.3 Å². The fourth-order valence-electron chi connectivity index (χ4n) is 4.25. The van der Waals surface area contributed by atoms with E-state index in [2.05, 4.69) is 0 Å². The summed E-state index contributed by atoms with van der Waals surface area (Å²) in [6, 6.07) is 2.45. The maximum Gasteiger partial charge on any atom is 0.492 e. The Morgan fingerprint density at radius 2 is 2.03 bits per heavy atom. The van der Waals surface area contributed by atoms with E-state index in [1.54, 1.807) is 40.0 Å². The monoisotopic (exact) mass is 405 g/mol. The molecule has 8 nitrogen and oxygen atoms in total. The van der Waals surface area contributed by atoms with Crippen LogP contribution >= 0.6 is 0 Å². The number of benzene rings is 1. The van der Waals surface area contributed by atoms with Gasteiger partial charge in [0, 0.05) is 19.2 Å². The van der Waals surface area contributed by atoms with E-state index in [1.165, 1.54) is 4.90 Å². The van der Waals surface area contributed by atoms with Gasteiger partial charge >= 0.3 is 13.1 Å². The lowest BCUT2D eigenvalue weighted by atomic mass is 9.75. The molecule has 0 spiro atoms. The zero-order valence-corrected chi connectivity index (χ0v) is 17.3. The predicted molar refractivity (Wildman–Crippen MR) is 106 cm³/mol. The summed E-state index contributed by atoms with van der Waals surface area (Å²) in [5.74, 6) is -1.73. The molecule has 1 aromatic carbocycles. The Hall–Kier alpha value is -1.94. The number of hydrogen-bond acceptors (Lipinski definition) is 6. The number of aliphatic carboxylic acids is 1. The van der Waals surface area contributed by atoms with Crippen LogP contribution in [0.2, 0.25) is 0 Å². The smallest absolute Gasteiger partial charge is 0.480 e. The Balaban J connectivity index is 2.01. The van der Waals surface area contributed by atoms with Crippen molar-refractivity contribution in [1.29, 1.82) is 0 Å². The number of hydrogen-bond donors (Lipinski definition) is 2. The van der Waals surface area contributed by atoms with Crippen molar-refractivity contribution in [3.8, 4) is 0 Å². The number of ether oxygens (including phenoxy) is 2. The number of carbonyl (C=O) groups excluding carboxylic acids is 1. The van der Waals surface area contributed by atoms with E-state index >= 15 is 0 Å². The van der Waals surface area contributed by atoms with Gasteiger partial charge in [-0.25, -0.2) is 4.79 Å². The number of fused-ring (bicyclic) bond motifs is 1. The van der Waals surface area contributed by atoms with Crippen LogP contribution in [0.15, 0.2) is 12.1 Å². The standard InChI is InChI=1S/C20H28BNO7/c1-12(2)17(19(24)25)22(8-20(9-27-4)10-28-11-20)18(23)15-6-5-14-7-29-21(26)16(14)13(15)3/h5-6,12,17,26H,7-11H2,1-4H3,(H,24,25)/t17-/m0/s1. The second-order valence-corrected chi connectivity index (χ2v) is 8.36. The first-order valence-electron chi connectivity index (χ1n) is 9.73. The van der Waals surface area contributed by atoms with Gasteiger partial charge in [0.15, 0.2) is 0 Å². The van der Waals surface area contributed by atoms with Crippen molar-refractivity contribution in [3.63, 3.8) is 0 Å². The summed E-state index contributed by atoms with van der Waals surface area (Å²) in [7, 11) is 0.501. The van der Waals surface area contributed by atoms with E-state index in [4.69, 9.17) is 14.1 Å². The van der Waals surface area contributed by atoms with Gasteiger partial charge in [-0.15, -0.1) is 0 Å². The maximum absolute atomic E-state index is 13.6. The minimum atomic E-state index is -1.08. The molecule has 2 aliphatic rings. The highest BCUT2D eigenvalue weighted by Gasteiger charge is 2.45. The van der Waals surface area contributed by atoms with E-state index in [9.17, 15) is 19.7 Å². The van der Waals surface area contributed by atoms with E-state index in [1.807, 2.05) is 0 Å². The fourth-order valence-corrected chi connectivity index (χ4v) is 4.25. The average Bonchev–Trinajstić information content (AvgIpc) is 3.00. The molecule has 1 atom stereocenters. The molecule has 0 bridgehead atoms. The average molecular weight is 405 g/mol. The van der Waals surface area contributed by atoms with Gasteiger partial charge in [0.2, 0.25) is 0 Å². The maximum atomic E-state index is 13.6. The van der Waals surface area contributed by atoms with Crippen molar-refractivity contribution < 1.29 is 33.8 Å². The normalized spacial score (nSPS) is 18.3. The van der Waals surface area contributed by atoms with Crippen molar-refractivity contribution in [1.82, 2.24) is 4.90 Å². The van der Waals surface area contributed by atoms with E-state index < -0.39 is 24.5 Å². The van der Waals surface area contributed by atoms with Crippen molar-refractivity contribution in [3.05, 3.63) is 28.8 Å². The summed E-state index contributed by atoms with van der Waals surface area (Å²) in [5.41, 5.74) is 1.97. The van der Waals surface area contributed by atoms with Crippen LogP contribution in [0.1, 0.15) is 35.3 Å². The summed E-state index contributed by atoms with van der Waals surface area (Å²) < 4.78 is 15.9. The van der Waals surface area contributed by atoms with Gasteiger partial charge in [0.05, 0.1) is 31.8 Å². The van der Waals surface area contributed by atoms with Gasteiger partial charge in [-0.2, -0.15) is 0 Å². The van der Waals surface area contributed by atoms with E-state index in [-0.39, 0.29) is 25.0 Å². The highest BCUT2D eigenvalue weighted by molar-refractivity contribution is 6.62. The van der Waals surface area contributed by atoms with Gasteiger partial charge in [0.25, 0.3) is 5.91 Å². The molecule has 0 aliphatic carbocycles. The number of carbonyl (C=O) groups is 2. The summed E-state index contributed by atoms with van der Waals surface area (Å²) in [4.78, 5) is 27.1. The van der Waals surface area contributed by atoms with Crippen molar-refractivity contribution in [2.75, 3.05) is 33.5 Å². The van der Waals surface area contributed by atoms with Gasteiger partial charge < -0.3 is 29.2 Å². The molecule has 9 heteroatoms. The van der Waals surface area contributed by atoms with Gasteiger partial charge in [-0.05, 0) is 35.5 Å². The highest BCUT2D eigenvalue weighted by Crippen LogP contribution is 2.32.